The minimum Gasteiger partial charge on any atom is -0.338 e. The fourth-order valence-electron chi connectivity index (χ4n) is 4.09. The molecule has 0 bridgehead atoms. The number of hydrogen-bond donors (Lipinski definition) is 0. The summed E-state index contributed by atoms with van der Waals surface area (Å²) in [4.78, 5) is 34.1. The Hall–Kier alpha value is -3.49. The minimum atomic E-state index is -0.191. The van der Waals surface area contributed by atoms with Crippen molar-refractivity contribution in [3.8, 4) is 11.4 Å². The van der Waals surface area contributed by atoms with Crippen molar-refractivity contribution in [3.63, 3.8) is 0 Å². The van der Waals surface area contributed by atoms with Crippen molar-refractivity contribution in [2.45, 2.75) is 6.54 Å². The zero-order chi connectivity index (χ0) is 22.9. The molecule has 9 heteroatoms. The summed E-state index contributed by atoms with van der Waals surface area (Å²) in [6.07, 6.45) is 0. The average Bonchev–Trinajstić information content (AvgIpc) is 3.30. The zero-order valence-corrected chi connectivity index (χ0v) is 18.8. The lowest BCUT2D eigenvalue weighted by Gasteiger charge is -2.34. The third-order valence-corrected chi connectivity index (χ3v) is 6.23. The van der Waals surface area contributed by atoms with Crippen molar-refractivity contribution in [3.05, 3.63) is 81.4 Å². The molecule has 8 nitrogen and oxygen atoms in total. The number of amides is 1. The summed E-state index contributed by atoms with van der Waals surface area (Å²) in [6.45, 7) is 2.97. The molecule has 1 fully saturated rings. The lowest BCUT2D eigenvalue weighted by Crippen LogP contribution is -2.48. The van der Waals surface area contributed by atoms with Crippen molar-refractivity contribution in [1.82, 2.24) is 24.5 Å². The Kier molecular flexibility index (Phi) is 5.70. The molecule has 0 unspecified atom stereocenters. The molecule has 0 aliphatic carbocycles. The van der Waals surface area contributed by atoms with Gasteiger partial charge in [-0.05, 0) is 30.3 Å². The molecule has 1 aliphatic heterocycles. The van der Waals surface area contributed by atoms with E-state index in [0.29, 0.717) is 55.0 Å². The van der Waals surface area contributed by atoms with Gasteiger partial charge in [0.05, 0.1) is 17.6 Å². The van der Waals surface area contributed by atoms with E-state index in [2.05, 4.69) is 15.0 Å². The van der Waals surface area contributed by atoms with Gasteiger partial charge in [0.1, 0.15) is 0 Å². The number of aryl methyl sites for hydroxylation is 1. The van der Waals surface area contributed by atoms with E-state index in [1.807, 2.05) is 36.4 Å². The van der Waals surface area contributed by atoms with Crippen molar-refractivity contribution in [2.75, 3.05) is 26.2 Å². The van der Waals surface area contributed by atoms with Gasteiger partial charge in [-0.25, -0.2) is 0 Å². The second kappa shape index (κ2) is 8.80. The van der Waals surface area contributed by atoms with E-state index >= 15 is 0 Å². The fourth-order valence-corrected chi connectivity index (χ4v) is 4.22. The summed E-state index contributed by atoms with van der Waals surface area (Å²) in [7, 11) is 1.72. The highest BCUT2D eigenvalue weighted by Crippen LogP contribution is 2.21. The Morgan fingerprint density at radius 1 is 1.06 bits per heavy atom. The summed E-state index contributed by atoms with van der Waals surface area (Å²) in [5.74, 6) is 0.927. The topological polar surface area (TPSA) is 84.5 Å². The molecule has 5 rings (SSSR count). The van der Waals surface area contributed by atoms with Crippen molar-refractivity contribution in [2.24, 2.45) is 7.05 Å². The predicted molar refractivity (Wildman–Crippen MR) is 125 cm³/mol. The minimum absolute atomic E-state index is 0.119. The molecule has 1 aliphatic rings. The van der Waals surface area contributed by atoms with Gasteiger partial charge in [-0.2, -0.15) is 4.98 Å². The van der Waals surface area contributed by atoms with Crippen molar-refractivity contribution < 1.29 is 9.32 Å². The summed E-state index contributed by atoms with van der Waals surface area (Å²) in [5, 5.41) is 5.49. The molecule has 1 saturated heterocycles. The second-order valence-corrected chi connectivity index (χ2v) is 8.50. The molecule has 1 amide bonds. The van der Waals surface area contributed by atoms with E-state index in [1.165, 1.54) is 6.07 Å². The predicted octanol–water partition coefficient (Wildman–Crippen LogP) is 3.20. The molecule has 0 radical (unpaired) electrons. The van der Waals surface area contributed by atoms with Gasteiger partial charge in [0.25, 0.3) is 11.5 Å². The molecule has 3 heterocycles. The van der Waals surface area contributed by atoms with Crippen LogP contribution in [0.2, 0.25) is 5.02 Å². The Morgan fingerprint density at radius 2 is 1.79 bits per heavy atom. The van der Waals surface area contributed by atoms with Gasteiger partial charge >= 0.3 is 0 Å². The standard InChI is InChI=1S/C24H22ClN5O3/c1-28-20-5-3-2-4-18(20)19(14-22(28)31)24(32)30-12-10-29(11-13-30)15-21-26-23(27-33-21)16-6-8-17(25)9-7-16/h2-9,14H,10-13,15H2,1H3. The SMILES string of the molecule is Cn1c(=O)cc(C(=O)N2CCN(Cc3nc(-c4ccc(Cl)cc4)no3)CC2)c2ccccc21. The summed E-state index contributed by atoms with van der Waals surface area (Å²) < 4.78 is 6.98. The van der Waals surface area contributed by atoms with Crippen LogP contribution in [0.1, 0.15) is 16.2 Å². The lowest BCUT2D eigenvalue weighted by atomic mass is 10.1. The number of pyridine rings is 1. The molecule has 0 N–H and O–H groups in total. The molecule has 0 spiro atoms. The number of fused-ring (bicyclic) bond motifs is 1. The molecule has 33 heavy (non-hydrogen) atoms. The quantitative estimate of drug-likeness (QED) is 0.462. The number of para-hydroxylation sites is 1. The Morgan fingerprint density at radius 3 is 2.55 bits per heavy atom. The van der Waals surface area contributed by atoms with Crippen LogP contribution in [0.4, 0.5) is 0 Å². The van der Waals surface area contributed by atoms with E-state index in [9.17, 15) is 9.59 Å². The summed E-state index contributed by atoms with van der Waals surface area (Å²) >= 11 is 5.93. The van der Waals surface area contributed by atoms with Crippen LogP contribution in [0.15, 0.2) is 63.9 Å². The third-order valence-electron chi connectivity index (χ3n) is 5.97. The highest BCUT2D eigenvalue weighted by Gasteiger charge is 2.25. The molecule has 2 aromatic heterocycles. The number of halogens is 1. The highest BCUT2D eigenvalue weighted by molar-refractivity contribution is 6.30. The molecule has 0 saturated carbocycles. The van der Waals surface area contributed by atoms with Crippen LogP contribution in [0.3, 0.4) is 0 Å². The number of piperazine rings is 1. The monoisotopic (exact) mass is 463 g/mol. The van der Waals surface area contributed by atoms with Crippen LogP contribution in [-0.4, -0.2) is 56.6 Å². The fraction of sp³-hybridized carbons (Fsp3) is 0.250. The first-order chi connectivity index (χ1) is 16.0. The van der Waals surface area contributed by atoms with E-state index in [4.69, 9.17) is 16.1 Å². The zero-order valence-electron chi connectivity index (χ0n) is 18.1. The van der Waals surface area contributed by atoms with Crippen LogP contribution >= 0.6 is 11.6 Å². The van der Waals surface area contributed by atoms with E-state index < -0.39 is 0 Å². The van der Waals surface area contributed by atoms with Gasteiger partial charge < -0.3 is 14.0 Å². The molecule has 0 atom stereocenters. The maximum absolute atomic E-state index is 13.2. The van der Waals surface area contributed by atoms with Crippen LogP contribution in [0, 0.1) is 0 Å². The Labute approximate surface area is 195 Å². The number of nitrogens with zero attached hydrogens (tertiary/aromatic N) is 5. The van der Waals surface area contributed by atoms with Crippen molar-refractivity contribution >= 4 is 28.4 Å². The number of carbonyl (C=O) groups is 1. The molecule has 4 aromatic rings. The van der Waals surface area contributed by atoms with Gasteiger partial charge in [-0.1, -0.05) is 35.0 Å². The molecule has 2 aromatic carbocycles. The first-order valence-electron chi connectivity index (χ1n) is 10.7. The van der Waals surface area contributed by atoms with Crippen LogP contribution in [0.5, 0.6) is 0 Å². The van der Waals surface area contributed by atoms with Crippen LogP contribution < -0.4 is 5.56 Å². The molecular weight excluding hydrogens is 442 g/mol. The first-order valence-corrected chi connectivity index (χ1v) is 11.1. The van der Waals surface area contributed by atoms with Gasteiger partial charge in [-0.3, -0.25) is 14.5 Å². The molecular formula is C24H22ClN5O3. The summed E-state index contributed by atoms with van der Waals surface area (Å²) in [6, 6.07) is 16.2. The number of hydrogen-bond acceptors (Lipinski definition) is 6. The van der Waals surface area contributed by atoms with E-state index in [0.717, 1.165) is 16.5 Å². The number of carbonyl (C=O) groups excluding carboxylic acids is 1. The lowest BCUT2D eigenvalue weighted by molar-refractivity contribution is 0.0617. The van der Waals surface area contributed by atoms with Crippen LogP contribution in [0.25, 0.3) is 22.3 Å². The van der Waals surface area contributed by atoms with E-state index in [-0.39, 0.29) is 11.5 Å². The van der Waals surface area contributed by atoms with Crippen molar-refractivity contribution in [1.29, 1.82) is 0 Å². The average molecular weight is 464 g/mol. The second-order valence-electron chi connectivity index (χ2n) is 8.06. The van der Waals surface area contributed by atoms with Gasteiger partial charge in [0.2, 0.25) is 11.7 Å². The maximum Gasteiger partial charge on any atom is 0.254 e. The number of benzene rings is 2. The Balaban J connectivity index is 1.25. The normalized spacial score (nSPS) is 14.7. The largest absolute Gasteiger partial charge is 0.338 e. The first kappa shape index (κ1) is 21.4. The number of rotatable bonds is 4. The third kappa shape index (κ3) is 4.27. The number of aromatic nitrogens is 3. The summed E-state index contributed by atoms with van der Waals surface area (Å²) in [5.41, 5.74) is 1.85. The molecule has 168 valence electrons. The van der Waals surface area contributed by atoms with Gasteiger partial charge in [0, 0.05) is 55.3 Å². The highest BCUT2D eigenvalue weighted by atomic mass is 35.5. The van der Waals surface area contributed by atoms with Crippen LogP contribution in [-0.2, 0) is 13.6 Å². The maximum atomic E-state index is 13.2. The Bertz CT molecular complexity index is 1370. The van der Waals surface area contributed by atoms with Gasteiger partial charge in [0.15, 0.2) is 0 Å². The van der Waals surface area contributed by atoms with E-state index in [1.54, 1.807) is 28.6 Å². The smallest absolute Gasteiger partial charge is 0.254 e. The van der Waals surface area contributed by atoms with Gasteiger partial charge in [-0.15, -0.1) is 0 Å².